The Bertz CT molecular complexity index is 253. The first kappa shape index (κ1) is 13.0. The van der Waals surface area contributed by atoms with Crippen molar-refractivity contribution in [3.8, 4) is 0 Å². The Balaban J connectivity index is 2.01. The predicted octanol–water partition coefficient (Wildman–Crippen LogP) is 3.77. The van der Waals surface area contributed by atoms with Gasteiger partial charge in [0.2, 0.25) is 0 Å². The van der Waals surface area contributed by atoms with Crippen molar-refractivity contribution in [1.82, 2.24) is 0 Å². The third kappa shape index (κ3) is 5.74. The number of rotatable bonds is 7. The van der Waals surface area contributed by atoms with Crippen LogP contribution in [0.4, 0.5) is 0 Å². The van der Waals surface area contributed by atoms with E-state index in [1.165, 1.54) is 25.7 Å². The molecule has 0 bridgehead atoms. The summed E-state index contributed by atoms with van der Waals surface area (Å²) in [5.41, 5.74) is 0. The summed E-state index contributed by atoms with van der Waals surface area (Å²) in [4.78, 5) is 10.8. The molecule has 2 heteroatoms. The smallest absolute Gasteiger partial charge is 0.306 e. The van der Waals surface area contributed by atoms with Crippen LogP contribution in [0.25, 0.3) is 0 Å². The fourth-order valence-corrected chi connectivity index (χ4v) is 1.72. The van der Waals surface area contributed by atoms with Crippen LogP contribution in [0.1, 0.15) is 51.9 Å². The summed E-state index contributed by atoms with van der Waals surface area (Å²) in [7, 11) is 0. The molecule has 0 aromatic carbocycles. The maximum absolute atomic E-state index is 10.8. The van der Waals surface area contributed by atoms with Crippen molar-refractivity contribution in [2.24, 2.45) is 0 Å². The number of cyclic esters (lactones) is 1. The maximum Gasteiger partial charge on any atom is 0.306 e. The van der Waals surface area contributed by atoms with Crippen LogP contribution in [0, 0.1) is 0 Å². The number of esters is 1. The number of carbonyl (C=O) groups is 1. The van der Waals surface area contributed by atoms with E-state index in [2.05, 4.69) is 25.2 Å². The fourth-order valence-electron chi connectivity index (χ4n) is 1.72. The average molecular weight is 222 g/mol. The van der Waals surface area contributed by atoms with Gasteiger partial charge in [-0.2, -0.15) is 0 Å². The van der Waals surface area contributed by atoms with Gasteiger partial charge in [-0.3, -0.25) is 4.79 Å². The van der Waals surface area contributed by atoms with Gasteiger partial charge in [-0.25, -0.2) is 0 Å². The van der Waals surface area contributed by atoms with Crippen LogP contribution in [0.3, 0.4) is 0 Å². The topological polar surface area (TPSA) is 26.3 Å². The summed E-state index contributed by atoms with van der Waals surface area (Å²) in [6.07, 6.45) is 16.0. The lowest BCUT2D eigenvalue weighted by Crippen LogP contribution is -2.01. The summed E-state index contributed by atoms with van der Waals surface area (Å²) in [6.45, 7) is 2.22. The normalized spacial score (nSPS) is 21.1. The number of unbranched alkanes of at least 4 members (excludes halogenated alkanes) is 3. The molecule has 0 aromatic heterocycles. The molecule has 0 spiro atoms. The molecular weight excluding hydrogens is 200 g/mol. The van der Waals surface area contributed by atoms with Gasteiger partial charge in [0, 0.05) is 6.42 Å². The molecule has 0 N–H and O–H groups in total. The molecule has 1 atom stereocenters. The molecule has 0 aromatic rings. The van der Waals surface area contributed by atoms with Crippen molar-refractivity contribution in [2.45, 2.75) is 58.0 Å². The molecule has 1 unspecified atom stereocenters. The zero-order valence-corrected chi connectivity index (χ0v) is 10.2. The standard InChI is InChI=1S/C14H22O2/c1-2-3-4-5-6-7-8-9-10-13-11-12-14(15)16-13/h6-7,9-10,13H,2-5,8,11-12H2,1H3/b7-6-,10-9-. The molecule has 0 aliphatic carbocycles. The Morgan fingerprint density at radius 3 is 2.88 bits per heavy atom. The van der Waals surface area contributed by atoms with Crippen molar-refractivity contribution >= 4 is 5.97 Å². The van der Waals surface area contributed by atoms with E-state index >= 15 is 0 Å². The molecule has 1 aliphatic rings. The molecule has 0 radical (unpaired) electrons. The van der Waals surface area contributed by atoms with Gasteiger partial charge in [-0.15, -0.1) is 0 Å². The summed E-state index contributed by atoms with van der Waals surface area (Å²) in [6, 6.07) is 0. The van der Waals surface area contributed by atoms with Gasteiger partial charge >= 0.3 is 5.97 Å². The monoisotopic (exact) mass is 222 g/mol. The van der Waals surface area contributed by atoms with Gasteiger partial charge in [0.1, 0.15) is 6.10 Å². The maximum atomic E-state index is 10.8. The highest BCUT2D eigenvalue weighted by Crippen LogP contribution is 2.14. The quantitative estimate of drug-likeness (QED) is 0.372. The van der Waals surface area contributed by atoms with E-state index in [0.29, 0.717) is 6.42 Å². The molecule has 1 rings (SSSR count). The largest absolute Gasteiger partial charge is 0.458 e. The molecule has 1 aliphatic heterocycles. The Morgan fingerprint density at radius 2 is 2.19 bits per heavy atom. The Kier molecular flexibility index (Phi) is 6.62. The minimum Gasteiger partial charge on any atom is -0.458 e. The van der Waals surface area contributed by atoms with Crippen LogP contribution in [-0.4, -0.2) is 12.1 Å². The minimum absolute atomic E-state index is 0.0287. The molecule has 2 nitrogen and oxygen atoms in total. The van der Waals surface area contributed by atoms with Gasteiger partial charge in [0.15, 0.2) is 0 Å². The van der Waals surface area contributed by atoms with Crippen LogP contribution >= 0.6 is 0 Å². The van der Waals surface area contributed by atoms with Crippen LogP contribution in [-0.2, 0) is 9.53 Å². The van der Waals surface area contributed by atoms with Crippen molar-refractivity contribution in [1.29, 1.82) is 0 Å². The fraction of sp³-hybridized carbons (Fsp3) is 0.643. The van der Waals surface area contributed by atoms with E-state index in [0.717, 1.165) is 12.8 Å². The molecular formula is C14H22O2. The second-order valence-electron chi connectivity index (χ2n) is 4.20. The molecule has 16 heavy (non-hydrogen) atoms. The van der Waals surface area contributed by atoms with Crippen LogP contribution < -0.4 is 0 Å². The van der Waals surface area contributed by atoms with Crippen LogP contribution in [0.15, 0.2) is 24.3 Å². The number of hydrogen-bond donors (Lipinski definition) is 0. The van der Waals surface area contributed by atoms with Crippen LogP contribution in [0.5, 0.6) is 0 Å². The zero-order chi connectivity index (χ0) is 11.6. The Morgan fingerprint density at radius 1 is 1.31 bits per heavy atom. The van der Waals surface area contributed by atoms with Gasteiger partial charge in [-0.05, 0) is 31.8 Å². The van der Waals surface area contributed by atoms with Crippen molar-refractivity contribution < 1.29 is 9.53 Å². The first-order valence-corrected chi connectivity index (χ1v) is 6.34. The summed E-state index contributed by atoms with van der Waals surface area (Å²) in [5.74, 6) is -0.0650. The number of hydrogen-bond acceptors (Lipinski definition) is 2. The Hall–Kier alpha value is -1.05. The number of ether oxygens (including phenoxy) is 1. The van der Waals surface area contributed by atoms with Gasteiger partial charge in [0.05, 0.1) is 0 Å². The summed E-state index contributed by atoms with van der Waals surface area (Å²) in [5, 5.41) is 0. The average Bonchev–Trinajstić information content (AvgIpc) is 2.68. The lowest BCUT2D eigenvalue weighted by molar-refractivity contribution is -0.139. The van der Waals surface area contributed by atoms with Gasteiger partial charge in [-0.1, -0.05) is 38.0 Å². The van der Waals surface area contributed by atoms with E-state index < -0.39 is 0 Å². The lowest BCUT2D eigenvalue weighted by atomic mass is 10.2. The third-order valence-electron chi connectivity index (χ3n) is 2.68. The highest BCUT2D eigenvalue weighted by atomic mass is 16.5. The van der Waals surface area contributed by atoms with Crippen molar-refractivity contribution in [2.75, 3.05) is 0 Å². The van der Waals surface area contributed by atoms with E-state index in [1.807, 2.05) is 6.08 Å². The second-order valence-corrected chi connectivity index (χ2v) is 4.20. The van der Waals surface area contributed by atoms with E-state index in [9.17, 15) is 4.79 Å². The summed E-state index contributed by atoms with van der Waals surface area (Å²) < 4.78 is 5.07. The second kappa shape index (κ2) is 8.14. The molecule has 90 valence electrons. The third-order valence-corrected chi connectivity index (χ3v) is 2.68. The first-order chi connectivity index (χ1) is 7.83. The molecule has 0 amide bonds. The van der Waals surface area contributed by atoms with Crippen molar-refractivity contribution in [3.05, 3.63) is 24.3 Å². The lowest BCUT2D eigenvalue weighted by Gasteiger charge is -2.00. The molecule has 1 saturated heterocycles. The summed E-state index contributed by atoms with van der Waals surface area (Å²) >= 11 is 0. The van der Waals surface area contributed by atoms with E-state index in [1.54, 1.807) is 0 Å². The van der Waals surface area contributed by atoms with E-state index in [4.69, 9.17) is 4.74 Å². The molecule has 1 heterocycles. The first-order valence-electron chi connectivity index (χ1n) is 6.34. The Labute approximate surface area is 98.4 Å². The minimum atomic E-state index is -0.0650. The van der Waals surface area contributed by atoms with E-state index in [-0.39, 0.29) is 12.1 Å². The highest BCUT2D eigenvalue weighted by Gasteiger charge is 2.19. The van der Waals surface area contributed by atoms with Crippen molar-refractivity contribution in [3.63, 3.8) is 0 Å². The van der Waals surface area contributed by atoms with Gasteiger partial charge < -0.3 is 4.74 Å². The van der Waals surface area contributed by atoms with Crippen LogP contribution in [0.2, 0.25) is 0 Å². The SMILES string of the molecule is CCCCC/C=C\C/C=C\C1CCC(=O)O1. The van der Waals surface area contributed by atoms with Gasteiger partial charge in [0.25, 0.3) is 0 Å². The number of allylic oxidation sites excluding steroid dienone is 3. The highest BCUT2D eigenvalue weighted by molar-refractivity contribution is 5.71. The number of carbonyl (C=O) groups excluding carboxylic acids is 1. The molecule has 0 saturated carbocycles. The predicted molar refractivity (Wildman–Crippen MR) is 66.2 cm³/mol. The zero-order valence-electron chi connectivity index (χ0n) is 10.2. The molecule has 1 fully saturated rings.